The van der Waals surface area contributed by atoms with Gasteiger partial charge in [-0.05, 0) is 67.9 Å². The number of anilines is 1. The highest BCUT2D eigenvalue weighted by Crippen LogP contribution is 2.25. The van der Waals surface area contributed by atoms with Crippen LogP contribution in [-0.4, -0.2) is 18.5 Å². The van der Waals surface area contributed by atoms with Gasteiger partial charge in [-0.3, -0.25) is 4.79 Å². The Labute approximate surface area is 195 Å². The zero-order chi connectivity index (χ0) is 23.6. The first-order chi connectivity index (χ1) is 16.0. The predicted molar refractivity (Wildman–Crippen MR) is 129 cm³/mol. The van der Waals surface area contributed by atoms with Gasteiger partial charge in [0.15, 0.2) is 0 Å². The van der Waals surface area contributed by atoms with Crippen LogP contribution >= 0.6 is 0 Å². The van der Waals surface area contributed by atoms with Gasteiger partial charge >= 0.3 is 5.97 Å². The number of ether oxygens (including phenoxy) is 1. The van der Waals surface area contributed by atoms with Crippen LogP contribution in [-0.2, 0) is 22.4 Å². The summed E-state index contributed by atoms with van der Waals surface area (Å²) in [6.45, 7) is 4.29. The van der Waals surface area contributed by atoms with E-state index in [-0.39, 0.29) is 11.6 Å². The van der Waals surface area contributed by atoms with Crippen molar-refractivity contribution in [3.05, 3.63) is 76.5 Å². The Kier molecular flexibility index (Phi) is 8.65. The fraction of sp³-hybridized carbons (Fsp3) is 0.370. The van der Waals surface area contributed by atoms with Crippen LogP contribution in [0, 0.1) is 11.3 Å². The monoisotopic (exact) mass is 445 g/mol. The number of nitrogens with zero attached hydrogens (tertiary/aromatic N) is 1. The van der Waals surface area contributed by atoms with E-state index in [0.29, 0.717) is 17.9 Å². The van der Waals surface area contributed by atoms with E-state index in [1.165, 1.54) is 30.2 Å². The zero-order valence-electron chi connectivity index (χ0n) is 19.3. The predicted octanol–water partition coefficient (Wildman–Crippen LogP) is 5.22. The van der Waals surface area contributed by atoms with E-state index in [4.69, 9.17) is 4.74 Å². The van der Waals surface area contributed by atoms with Crippen LogP contribution in [0.25, 0.3) is 0 Å². The molecule has 0 spiro atoms. The van der Waals surface area contributed by atoms with Crippen molar-refractivity contribution in [3.8, 4) is 6.07 Å². The van der Waals surface area contributed by atoms with Crippen LogP contribution in [0.2, 0.25) is 0 Å². The molecule has 1 amide bonds. The highest BCUT2D eigenvalue weighted by molar-refractivity contribution is 5.99. The van der Waals surface area contributed by atoms with E-state index >= 15 is 0 Å². The Morgan fingerprint density at radius 3 is 2.67 bits per heavy atom. The van der Waals surface area contributed by atoms with Gasteiger partial charge in [0.1, 0.15) is 11.6 Å². The second-order valence-electron chi connectivity index (χ2n) is 8.28. The molecule has 172 valence electrons. The third-order valence-corrected chi connectivity index (χ3v) is 5.84. The number of hydrogen-bond acceptors (Lipinski definition) is 5. The molecular weight excluding hydrogens is 414 g/mol. The number of rotatable bonds is 9. The van der Waals surface area contributed by atoms with Gasteiger partial charge in [0, 0.05) is 6.20 Å². The molecule has 1 aliphatic carbocycles. The maximum atomic E-state index is 12.7. The number of amides is 1. The van der Waals surface area contributed by atoms with Crippen LogP contribution < -0.4 is 10.6 Å². The van der Waals surface area contributed by atoms with Gasteiger partial charge in [-0.1, -0.05) is 43.7 Å². The Hall–Kier alpha value is -3.59. The fourth-order valence-corrected chi connectivity index (χ4v) is 3.85. The molecule has 1 unspecified atom stereocenters. The molecule has 2 aromatic rings. The lowest BCUT2D eigenvalue weighted by Crippen LogP contribution is -2.28. The quantitative estimate of drug-likeness (QED) is 0.239. The lowest BCUT2D eigenvalue weighted by molar-refractivity contribution is -0.117. The first-order valence-corrected chi connectivity index (χ1v) is 11.6. The molecule has 0 aromatic heterocycles. The lowest BCUT2D eigenvalue weighted by Gasteiger charge is -2.20. The number of esters is 1. The molecule has 0 saturated heterocycles. The normalized spacial score (nSPS) is 13.9. The first-order valence-electron chi connectivity index (χ1n) is 11.6. The van der Waals surface area contributed by atoms with E-state index in [9.17, 15) is 14.9 Å². The van der Waals surface area contributed by atoms with Crippen molar-refractivity contribution in [1.29, 1.82) is 5.26 Å². The van der Waals surface area contributed by atoms with E-state index in [2.05, 4.69) is 22.8 Å². The number of carbonyl (C=O) groups excluding carboxylic acids is 2. The topological polar surface area (TPSA) is 91.2 Å². The number of unbranched alkanes of at least 4 members (excludes halogenated alkanes) is 1. The molecule has 33 heavy (non-hydrogen) atoms. The van der Waals surface area contributed by atoms with Crippen LogP contribution in [0.3, 0.4) is 0 Å². The van der Waals surface area contributed by atoms with Crippen molar-refractivity contribution >= 4 is 17.6 Å². The standard InChI is InChI=1S/C27H31N3O3/c1-3-4-15-33-27(32)24-11-7-8-12-25(24)29-18-23(17-28)26(31)30-19(2)21-14-13-20-9-5-6-10-22(20)16-21/h7-8,11-14,16,18-19,29H,3-6,9-10,15H2,1-2H3,(H,30,31)/b23-18-. The fourth-order valence-electron chi connectivity index (χ4n) is 3.85. The maximum absolute atomic E-state index is 12.7. The van der Waals surface area contributed by atoms with Crippen LogP contribution in [0.1, 0.15) is 72.6 Å². The second-order valence-corrected chi connectivity index (χ2v) is 8.28. The van der Waals surface area contributed by atoms with Gasteiger partial charge in [0.2, 0.25) is 0 Å². The summed E-state index contributed by atoms with van der Waals surface area (Å²) in [6, 6.07) is 14.9. The molecule has 1 atom stereocenters. The highest BCUT2D eigenvalue weighted by Gasteiger charge is 2.17. The molecule has 1 aliphatic rings. The summed E-state index contributed by atoms with van der Waals surface area (Å²) < 4.78 is 5.29. The third-order valence-electron chi connectivity index (χ3n) is 5.84. The molecule has 2 N–H and O–H groups in total. The summed E-state index contributed by atoms with van der Waals surface area (Å²) in [6.07, 6.45) is 7.64. The Morgan fingerprint density at radius 2 is 1.91 bits per heavy atom. The van der Waals surface area contributed by atoms with Crippen molar-refractivity contribution in [2.24, 2.45) is 0 Å². The van der Waals surface area contributed by atoms with Crippen LogP contribution in [0.15, 0.2) is 54.2 Å². The van der Waals surface area contributed by atoms with Crippen molar-refractivity contribution in [2.45, 2.75) is 58.4 Å². The molecule has 0 aliphatic heterocycles. The molecule has 0 bridgehead atoms. The number of para-hydroxylation sites is 1. The van der Waals surface area contributed by atoms with Gasteiger partial charge in [-0.2, -0.15) is 5.26 Å². The summed E-state index contributed by atoms with van der Waals surface area (Å²) in [4.78, 5) is 25.1. The maximum Gasteiger partial charge on any atom is 0.340 e. The second kappa shape index (κ2) is 11.9. The van der Waals surface area contributed by atoms with E-state index in [0.717, 1.165) is 31.2 Å². The molecular formula is C27H31N3O3. The molecule has 3 rings (SSSR count). The van der Waals surface area contributed by atoms with E-state index < -0.39 is 11.9 Å². The minimum Gasteiger partial charge on any atom is -0.462 e. The van der Waals surface area contributed by atoms with Crippen LogP contribution in [0.4, 0.5) is 5.69 Å². The number of hydrogen-bond donors (Lipinski definition) is 2. The van der Waals surface area contributed by atoms with Crippen molar-refractivity contribution < 1.29 is 14.3 Å². The van der Waals surface area contributed by atoms with Gasteiger partial charge in [-0.25, -0.2) is 4.79 Å². The molecule has 0 radical (unpaired) electrons. The van der Waals surface area contributed by atoms with Crippen molar-refractivity contribution in [1.82, 2.24) is 5.32 Å². The molecule has 0 heterocycles. The number of nitriles is 1. The van der Waals surface area contributed by atoms with Crippen molar-refractivity contribution in [2.75, 3.05) is 11.9 Å². The minimum atomic E-state index is -0.474. The number of carbonyl (C=O) groups is 2. The molecule has 6 nitrogen and oxygen atoms in total. The summed E-state index contributed by atoms with van der Waals surface area (Å²) in [7, 11) is 0. The summed E-state index contributed by atoms with van der Waals surface area (Å²) >= 11 is 0. The lowest BCUT2D eigenvalue weighted by atomic mass is 9.89. The Bertz CT molecular complexity index is 1070. The van der Waals surface area contributed by atoms with Gasteiger partial charge in [0.25, 0.3) is 5.91 Å². The number of aryl methyl sites for hydroxylation is 2. The zero-order valence-corrected chi connectivity index (χ0v) is 19.3. The number of nitrogens with one attached hydrogen (secondary N) is 2. The van der Waals surface area contributed by atoms with E-state index in [1.54, 1.807) is 24.3 Å². The SMILES string of the molecule is CCCCOC(=O)c1ccccc1N/C=C(/C#N)C(=O)NC(C)c1ccc2c(c1)CCCC2. The average Bonchev–Trinajstić information content (AvgIpc) is 2.84. The van der Waals surface area contributed by atoms with Gasteiger partial charge in [0.05, 0.1) is 23.9 Å². The Morgan fingerprint density at radius 1 is 1.15 bits per heavy atom. The third kappa shape index (κ3) is 6.45. The van der Waals surface area contributed by atoms with Crippen molar-refractivity contribution in [3.63, 3.8) is 0 Å². The van der Waals surface area contributed by atoms with Gasteiger partial charge in [-0.15, -0.1) is 0 Å². The molecule has 2 aromatic carbocycles. The highest BCUT2D eigenvalue weighted by atomic mass is 16.5. The summed E-state index contributed by atoms with van der Waals surface area (Å²) in [5, 5.41) is 15.4. The summed E-state index contributed by atoms with van der Waals surface area (Å²) in [5.74, 6) is -0.915. The largest absolute Gasteiger partial charge is 0.462 e. The number of fused-ring (bicyclic) bond motifs is 1. The average molecular weight is 446 g/mol. The molecule has 0 fully saturated rings. The summed E-state index contributed by atoms with van der Waals surface area (Å²) in [5.41, 5.74) is 4.51. The first kappa shape index (κ1) is 24.1. The molecule has 0 saturated carbocycles. The van der Waals surface area contributed by atoms with E-state index in [1.807, 2.05) is 26.0 Å². The number of benzene rings is 2. The molecule has 6 heteroatoms. The van der Waals surface area contributed by atoms with Crippen LogP contribution in [0.5, 0.6) is 0 Å². The smallest absolute Gasteiger partial charge is 0.340 e. The van der Waals surface area contributed by atoms with Gasteiger partial charge < -0.3 is 15.4 Å². The Balaban J connectivity index is 1.67. The minimum absolute atomic E-state index is 0.0750.